The van der Waals surface area contributed by atoms with Crippen molar-refractivity contribution in [3.8, 4) is 0 Å². The van der Waals surface area contributed by atoms with Gasteiger partial charge in [-0.15, -0.1) is 11.3 Å². The zero-order valence-corrected chi connectivity index (χ0v) is 12.3. The number of hydrogen-bond donors (Lipinski definition) is 1. The standard InChI is InChI=1S/C16H20N2S/c1-10(2)14-9-19-16(18-14)15(17)13-6-4-3-5-12(13)11-7-8-11/h3-6,9-11,15H,7-8,17H2,1-2H3. The van der Waals surface area contributed by atoms with Gasteiger partial charge in [-0.2, -0.15) is 0 Å². The number of nitrogens with two attached hydrogens (primary N) is 1. The van der Waals surface area contributed by atoms with E-state index in [-0.39, 0.29) is 6.04 Å². The summed E-state index contributed by atoms with van der Waals surface area (Å²) in [5, 5.41) is 3.18. The van der Waals surface area contributed by atoms with E-state index in [9.17, 15) is 0 Å². The highest BCUT2D eigenvalue weighted by atomic mass is 32.1. The number of rotatable bonds is 4. The maximum absolute atomic E-state index is 6.44. The minimum absolute atomic E-state index is 0.0747. The molecule has 0 amide bonds. The lowest BCUT2D eigenvalue weighted by Gasteiger charge is -2.14. The van der Waals surface area contributed by atoms with Gasteiger partial charge in [0.1, 0.15) is 5.01 Å². The van der Waals surface area contributed by atoms with Gasteiger partial charge in [0.15, 0.2) is 0 Å². The second kappa shape index (κ2) is 5.06. The normalized spacial score (nSPS) is 16.8. The molecular formula is C16H20N2S. The van der Waals surface area contributed by atoms with Gasteiger partial charge in [0.05, 0.1) is 11.7 Å². The summed E-state index contributed by atoms with van der Waals surface area (Å²) < 4.78 is 0. The predicted molar refractivity (Wildman–Crippen MR) is 80.7 cm³/mol. The predicted octanol–water partition coefficient (Wildman–Crippen LogP) is 4.19. The van der Waals surface area contributed by atoms with Crippen LogP contribution in [0.4, 0.5) is 0 Å². The summed E-state index contributed by atoms with van der Waals surface area (Å²) >= 11 is 1.69. The first kappa shape index (κ1) is 12.8. The quantitative estimate of drug-likeness (QED) is 0.906. The van der Waals surface area contributed by atoms with E-state index >= 15 is 0 Å². The molecule has 0 spiro atoms. The molecule has 1 saturated carbocycles. The lowest BCUT2D eigenvalue weighted by Crippen LogP contribution is -2.13. The molecule has 1 aromatic heterocycles. The number of benzene rings is 1. The third-order valence-electron chi connectivity index (χ3n) is 3.75. The van der Waals surface area contributed by atoms with Crippen molar-refractivity contribution in [2.45, 2.75) is 44.6 Å². The van der Waals surface area contributed by atoms with Crippen molar-refractivity contribution in [3.63, 3.8) is 0 Å². The molecule has 3 heteroatoms. The maximum Gasteiger partial charge on any atom is 0.114 e. The lowest BCUT2D eigenvalue weighted by molar-refractivity contribution is 0.789. The van der Waals surface area contributed by atoms with Gasteiger partial charge < -0.3 is 5.73 Å². The third kappa shape index (κ3) is 2.58. The fraction of sp³-hybridized carbons (Fsp3) is 0.438. The molecule has 2 nitrogen and oxygen atoms in total. The van der Waals surface area contributed by atoms with Crippen molar-refractivity contribution < 1.29 is 0 Å². The minimum Gasteiger partial charge on any atom is -0.318 e. The number of aromatic nitrogens is 1. The Hall–Kier alpha value is -1.19. The Morgan fingerprint density at radius 3 is 2.63 bits per heavy atom. The largest absolute Gasteiger partial charge is 0.318 e. The topological polar surface area (TPSA) is 38.9 Å². The van der Waals surface area contributed by atoms with Crippen LogP contribution in [0.2, 0.25) is 0 Å². The van der Waals surface area contributed by atoms with Crippen molar-refractivity contribution in [1.29, 1.82) is 0 Å². The molecule has 3 rings (SSSR count). The monoisotopic (exact) mass is 272 g/mol. The summed E-state index contributed by atoms with van der Waals surface area (Å²) in [4.78, 5) is 4.70. The van der Waals surface area contributed by atoms with Gasteiger partial charge in [-0.3, -0.25) is 0 Å². The summed E-state index contributed by atoms with van der Waals surface area (Å²) in [6.07, 6.45) is 2.61. The van der Waals surface area contributed by atoms with E-state index in [1.807, 2.05) is 0 Å². The lowest BCUT2D eigenvalue weighted by atomic mass is 9.98. The number of thiazole rings is 1. The Bertz CT molecular complexity index is 570. The Labute approximate surface area is 118 Å². The van der Waals surface area contributed by atoms with Gasteiger partial charge in [0, 0.05) is 5.38 Å². The van der Waals surface area contributed by atoms with Gasteiger partial charge in [-0.05, 0) is 35.8 Å². The van der Waals surface area contributed by atoms with Crippen molar-refractivity contribution in [2.24, 2.45) is 5.73 Å². The van der Waals surface area contributed by atoms with Crippen LogP contribution < -0.4 is 5.73 Å². The van der Waals surface area contributed by atoms with Crippen LogP contribution in [0.3, 0.4) is 0 Å². The molecule has 0 aliphatic heterocycles. The van der Waals surface area contributed by atoms with E-state index in [0.717, 1.165) is 16.6 Å². The van der Waals surface area contributed by atoms with Crippen molar-refractivity contribution in [3.05, 3.63) is 51.5 Å². The molecule has 1 aromatic carbocycles. The summed E-state index contributed by atoms with van der Waals surface area (Å²) in [7, 11) is 0. The highest BCUT2D eigenvalue weighted by molar-refractivity contribution is 7.09. The third-order valence-corrected chi connectivity index (χ3v) is 4.69. The first-order chi connectivity index (χ1) is 9.16. The summed E-state index contributed by atoms with van der Waals surface area (Å²) in [5.74, 6) is 1.20. The van der Waals surface area contributed by atoms with Gasteiger partial charge in [-0.25, -0.2) is 4.98 Å². The van der Waals surface area contributed by atoms with Crippen molar-refractivity contribution >= 4 is 11.3 Å². The molecule has 1 fully saturated rings. The first-order valence-corrected chi connectivity index (χ1v) is 7.84. The minimum atomic E-state index is -0.0747. The molecule has 1 unspecified atom stereocenters. The number of nitrogens with zero attached hydrogens (tertiary/aromatic N) is 1. The van der Waals surface area contributed by atoms with Crippen molar-refractivity contribution in [1.82, 2.24) is 4.98 Å². The van der Waals surface area contributed by atoms with Gasteiger partial charge in [-0.1, -0.05) is 38.1 Å². The van der Waals surface area contributed by atoms with Crippen LogP contribution >= 0.6 is 11.3 Å². The summed E-state index contributed by atoms with van der Waals surface area (Å²) in [5.41, 5.74) is 10.3. The Balaban J connectivity index is 1.92. The smallest absolute Gasteiger partial charge is 0.114 e. The molecule has 2 aromatic rings. The van der Waals surface area contributed by atoms with Crippen LogP contribution in [-0.4, -0.2) is 4.98 Å². The maximum atomic E-state index is 6.44. The molecule has 100 valence electrons. The highest BCUT2D eigenvalue weighted by Gasteiger charge is 2.28. The zero-order chi connectivity index (χ0) is 13.4. The molecule has 0 bridgehead atoms. The Kier molecular flexibility index (Phi) is 3.42. The van der Waals surface area contributed by atoms with Crippen LogP contribution in [0.25, 0.3) is 0 Å². The van der Waals surface area contributed by atoms with Gasteiger partial charge in [0.25, 0.3) is 0 Å². The molecular weight excluding hydrogens is 252 g/mol. The summed E-state index contributed by atoms with van der Waals surface area (Å²) in [6.45, 7) is 4.34. The van der Waals surface area contributed by atoms with E-state index in [1.54, 1.807) is 11.3 Å². The molecule has 2 N–H and O–H groups in total. The highest BCUT2D eigenvalue weighted by Crippen LogP contribution is 2.43. The molecule has 19 heavy (non-hydrogen) atoms. The van der Waals surface area contributed by atoms with Crippen molar-refractivity contribution in [2.75, 3.05) is 0 Å². The van der Waals surface area contributed by atoms with Crippen LogP contribution in [-0.2, 0) is 0 Å². The van der Waals surface area contributed by atoms with E-state index < -0.39 is 0 Å². The van der Waals surface area contributed by atoms with Crippen LogP contribution in [0.5, 0.6) is 0 Å². The average Bonchev–Trinajstić information content (AvgIpc) is 3.14. The number of hydrogen-bond acceptors (Lipinski definition) is 3. The van der Waals surface area contributed by atoms with Crippen LogP contribution in [0, 0.1) is 0 Å². The second-order valence-electron chi connectivity index (χ2n) is 5.65. The van der Waals surface area contributed by atoms with Crippen LogP contribution in [0.1, 0.15) is 66.4 Å². The fourth-order valence-corrected chi connectivity index (χ4v) is 3.40. The molecule has 1 heterocycles. The first-order valence-electron chi connectivity index (χ1n) is 6.96. The fourth-order valence-electron chi connectivity index (χ4n) is 2.40. The van der Waals surface area contributed by atoms with E-state index in [1.165, 1.54) is 24.0 Å². The van der Waals surface area contributed by atoms with Gasteiger partial charge in [0.2, 0.25) is 0 Å². The van der Waals surface area contributed by atoms with E-state index in [4.69, 9.17) is 10.7 Å². The SMILES string of the molecule is CC(C)c1csc(C(N)c2ccccc2C2CC2)n1. The van der Waals surface area contributed by atoms with Gasteiger partial charge >= 0.3 is 0 Å². The molecule has 0 saturated heterocycles. The second-order valence-corrected chi connectivity index (χ2v) is 6.54. The van der Waals surface area contributed by atoms with E-state index in [0.29, 0.717) is 5.92 Å². The molecule has 1 aliphatic carbocycles. The molecule has 0 radical (unpaired) electrons. The Morgan fingerprint density at radius 2 is 2.00 bits per heavy atom. The van der Waals surface area contributed by atoms with Crippen LogP contribution in [0.15, 0.2) is 29.6 Å². The average molecular weight is 272 g/mol. The molecule has 1 atom stereocenters. The molecule has 1 aliphatic rings. The zero-order valence-electron chi connectivity index (χ0n) is 11.5. The van der Waals surface area contributed by atoms with E-state index in [2.05, 4.69) is 43.5 Å². The summed E-state index contributed by atoms with van der Waals surface area (Å²) in [6, 6.07) is 8.51. The Morgan fingerprint density at radius 1 is 1.26 bits per heavy atom.